The molecule has 20 heavy (non-hydrogen) atoms. The first-order valence-electron chi connectivity index (χ1n) is 7.14. The Hall–Kier alpha value is -0.840. The number of thioether (sulfide) groups is 1. The van der Waals surface area contributed by atoms with Crippen LogP contribution in [0.15, 0.2) is 34.5 Å². The topological polar surface area (TPSA) is 24.9 Å². The third-order valence-electron chi connectivity index (χ3n) is 3.14. The van der Waals surface area contributed by atoms with E-state index in [9.17, 15) is 0 Å². The highest BCUT2D eigenvalue weighted by atomic mass is 32.2. The number of rotatable bonds is 7. The Balaban J connectivity index is 2.07. The number of thiazole rings is 1. The summed E-state index contributed by atoms with van der Waals surface area (Å²) in [6, 6.07) is 8.73. The van der Waals surface area contributed by atoms with Gasteiger partial charge in [-0.3, -0.25) is 0 Å². The smallest absolute Gasteiger partial charge is 0.123 e. The molecule has 0 radical (unpaired) electrons. The molecule has 1 atom stereocenters. The van der Waals surface area contributed by atoms with E-state index in [1.54, 1.807) is 11.3 Å². The molecule has 0 amide bonds. The van der Waals surface area contributed by atoms with E-state index in [2.05, 4.69) is 55.7 Å². The van der Waals surface area contributed by atoms with Crippen LogP contribution in [-0.2, 0) is 0 Å². The fraction of sp³-hybridized carbons (Fsp3) is 0.438. The molecule has 0 aliphatic heterocycles. The van der Waals surface area contributed by atoms with Gasteiger partial charge >= 0.3 is 0 Å². The average Bonchev–Trinajstić information content (AvgIpc) is 2.96. The lowest BCUT2D eigenvalue weighted by atomic mass is 10.1. The Morgan fingerprint density at radius 1 is 1.25 bits per heavy atom. The maximum atomic E-state index is 4.78. The number of hydrogen-bond donors (Lipinski definition) is 1. The molecule has 2 rings (SSSR count). The Kier molecular flexibility index (Phi) is 6.07. The van der Waals surface area contributed by atoms with Crippen LogP contribution in [0.5, 0.6) is 0 Å². The minimum atomic E-state index is 0.467. The lowest BCUT2D eigenvalue weighted by molar-refractivity contribution is 0.626. The number of likely N-dealkylation sites (N-methyl/N-ethyl adjacent to an activating group) is 1. The first-order chi connectivity index (χ1) is 9.74. The van der Waals surface area contributed by atoms with Crippen molar-refractivity contribution in [2.24, 2.45) is 0 Å². The van der Waals surface area contributed by atoms with Crippen molar-refractivity contribution >= 4 is 23.1 Å². The third-order valence-corrected chi connectivity index (χ3v) is 4.94. The molecular formula is C16H22N2S2. The molecule has 1 aromatic heterocycles. The van der Waals surface area contributed by atoms with Crippen LogP contribution in [0, 0.1) is 0 Å². The van der Waals surface area contributed by atoms with E-state index in [4.69, 9.17) is 4.98 Å². The van der Waals surface area contributed by atoms with Crippen LogP contribution in [0.4, 0.5) is 0 Å². The number of nitrogens with one attached hydrogen (secondary N) is 1. The van der Waals surface area contributed by atoms with Crippen LogP contribution >= 0.6 is 23.1 Å². The van der Waals surface area contributed by atoms with Gasteiger partial charge in [0.05, 0.1) is 5.69 Å². The quantitative estimate of drug-likeness (QED) is 0.755. The first-order valence-corrected chi connectivity index (χ1v) is 9.00. The number of benzene rings is 1. The van der Waals surface area contributed by atoms with Gasteiger partial charge < -0.3 is 5.32 Å². The van der Waals surface area contributed by atoms with Gasteiger partial charge in [0.1, 0.15) is 5.01 Å². The summed E-state index contributed by atoms with van der Waals surface area (Å²) in [7, 11) is 0. The van der Waals surface area contributed by atoms with E-state index >= 15 is 0 Å². The molecule has 4 heteroatoms. The zero-order chi connectivity index (χ0) is 14.4. The second-order valence-electron chi connectivity index (χ2n) is 4.74. The zero-order valence-electron chi connectivity index (χ0n) is 12.3. The fourth-order valence-corrected chi connectivity index (χ4v) is 3.58. The molecule has 0 bridgehead atoms. The lowest BCUT2D eigenvalue weighted by Gasteiger charge is -2.08. The molecule has 108 valence electrons. The van der Waals surface area contributed by atoms with E-state index in [-0.39, 0.29) is 0 Å². The highest BCUT2D eigenvalue weighted by Gasteiger charge is 2.10. The third kappa shape index (κ3) is 4.08. The highest BCUT2D eigenvalue weighted by Crippen LogP contribution is 2.28. The van der Waals surface area contributed by atoms with E-state index in [0.29, 0.717) is 5.92 Å². The van der Waals surface area contributed by atoms with E-state index in [1.165, 1.54) is 16.2 Å². The fourth-order valence-electron chi connectivity index (χ4n) is 1.97. The van der Waals surface area contributed by atoms with Gasteiger partial charge in [-0.2, -0.15) is 0 Å². The molecule has 0 spiro atoms. The Morgan fingerprint density at radius 3 is 2.65 bits per heavy atom. The molecule has 1 N–H and O–H groups in total. The predicted molar refractivity (Wildman–Crippen MR) is 90.9 cm³/mol. The lowest BCUT2D eigenvalue weighted by Crippen LogP contribution is -2.19. The number of nitrogens with zero attached hydrogens (tertiary/aromatic N) is 1. The molecule has 0 aliphatic carbocycles. The molecule has 1 aromatic carbocycles. The monoisotopic (exact) mass is 306 g/mol. The predicted octanol–water partition coefficient (Wildman–Crippen LogP) is 4.64. The summed E-state index contributed by atoms with van der Waals surface area (Å²) in [4.78, 5) is 6.11. The molecule has 0 aliphatic rings. The van der Waals surface area contributed by atoms with Gasteiger partial charge in [0, 0.05) is 28.3 Å². The number of aromatic nitrogens is 1. The largest absolute Gasteiger partial charge is 0.316 e. The molecule has 0 saturated carbocycles. The van der Waals surface area contributed by atoms with Gasteiger partial charge in [-0.25, -0.2) is 4.98 Å². The maximum Gasteiger partial charge on any atom is 0.123 e. The van der Waals surface area contributed by atoms with Crippen molar-refractivity contribution < 1.29 is 0 Å². The minimum absolute atomic E-state index is 0.467. The molecule has 0 saturated heterocycles. The van der Waals surface area contributed by atoms with Gasteiger partial charge in [0.2, 0.25) is 0 Å². The molecule has 1 unspecified atom stereocenters. The van der Waals surface area contributed by atoms with E-state index in [0.717, 1.165) is 23.8 Å². The summed E-state index contributed by atoms with van der Waals surface area (Å²) >= 11 is 3.61. The minimum Gasteiger partial charge on any atom is -0.316 e. The summed E-state index contributed by atoms with van der Waals surface area (Å²) in [6.45, 7) is 8.54. The SMILES string of the molecule is CCNCC(C)c1csc(-c2ccc(SCC)cc2)n1. The second-order valence-corrected chi connectivity index (χ2v) is 6.94. The summed E-state index contributed by atoms with van der Waals surface area (Å²) in [6.07, 6.45) is 0. The van der Waals surface area contributed by atoms with Crippen molar-refractivity contribution in [1.29, 1.82) is 0 Å². The van der Waals surface area contributed by atoms with Gasteiger partial charge in [-0.15, -0.1) is 23.1 Å². The zero-order valence-corrected chi connectivity index (χ0v) is 14.0. The molecular weight excluding hydrogens is 284 g/mol. The average molecular weight is 306 g/mol. The van der Waals surface area contributed by atoms with Crippen molar-refractivity contribution in [2.75, 3.05) is 18.8 Å². The Morgan fingerprint density at radius 2 is 2.00 bits per heavy atom. The highest BCUT2D eigenvalue weighted by molar-refractivity contribution is 7.99. The molecule has 0 fully saturated rings. The van der Waals surface area contributed by atoms with Gasteiger partial charge in [0.25, 0.3) is 0 Å². The van der Waals surface area contributed by atoms with Crippen LogP contribution in [0.2, 0.25) is 0 Å². The van der Waals surface area contributed by atoms with Crippen LogP contribution in [0.25, 0.3) is 10.6 Å². The Labute approximate surface area is 130 Å². The van der Waals surface area contributed by atoms with Crippen LogP contribution in [-0.4, -0.2) is 23.8 Å². The van der Waals surface area contributed by atoms with Crippen LogP contribution in [0.1, 0.15) is 32.4 Å². The van der Waals surface area contributed by atoms with Crippen molar-refractivity contribution in [2.45, 2.75) is 31.6 Å². The van der Waals surface area contributed by atoms with Gasteiger partial charge in [-0.05, 0) is 24.4 Å². The maximum absolute atomic E-state index is 4.78. The van der Waals surface area contributed by atoms with Crippen molar-refractivity contribution in [3.63, 3.8) is 0 Å². The summed E-state index contributed by atoms with van der Waals surface area (Å²) in [5.41, 5.74) is 2.41. The molecule has 1 heterocycles. The van der Waals surface area contributed by atoms with Gasteiger partial charge in [-0.1, -0.05) is 32.9 Å². The summed E-state index contributed by atoms with van der Waals surface area (Å²) in [5.74, 6) is 1.58. The second kappa shape index (κ2) is 7.81. The Bertz CT molecular complexity index is 520. The summed E-state index contributed by atoms with van der Waals surface area (Å²) < 4.78 is 0. The summed E-state index contributed by atoms with van der Waals surface area (Å²) in [5, 5.41) is 6.69. The van der Waals surface area contributed by atoms with Gasteiger partial charge in [0.15, 0.2) is 0 Å². The van der Waals surface area contributed by atoms with Crippen molar-refractivity contribution in [3.8, 4) is 10.6 Å². The normalized spacial score (nSPS) is 12.6. The standard InChI is InChI=1S/C16H22N2S2/c1-4-17-10-12(3)15-11-20-16(18-15)13-6-8-14(9-7-13)19-5-2/h6-9,11-12,17H,4-5,10H2,1-3H3. The van der Waals surface area contributed by atoms with Crippen molar-refractivity contribution in [1.82, 2.24) is 10.3 Å². The first kappa shape index (κ1) is 15.5. The van der Waals surface area contributed by atoms with Crippen LogP contribution < -0.4 is 5.32 Å². The molecule has 2 nitrogen and oxygen atoms in total. The van der Waals surface area contributed by atoms with E-state index < -0.39 is 0 Å². The van der Waals surface area contributed by atoms with Crippen molar-refractivity contribution in [3.05, 3.63) is 35.3 Å². The van der Waals surface area contributed by atoms with Crippen LogP contribution in [0.3, 0.4) is 0 Å². The molecule has 2 aromatic rings. The van der Waals surface area contributed by atoms with E-state index in [1.807, 2.05) is 11.8 Å². The number of hydrogen-bond acceptors (Lipinski definition) is 4.